The second-order valence-electron chi connectivity index (χ2n) is 5.58. The highest BCUT2D eigenvalue weighted by atomic mass is 79.9. The van der Waals surface area contributed by atoms with E-state index < -0.39 is 11.9 Å². The number of nitrogens with zero attached hydrogens (tertiary/aromatic N) is 4. The molecule has 0 aromatic carbocycles. The maximum atomic E-state index is 13.0. The maximum Gasteiger partial charge on any atom is 0.433 e. The van der Waals surface area contributed by atoms with E-state index >= 15 is 0 Å². The molecule has 0 bridgehead atoms. The monoisotopic (exact) mass is 400 g/mol. The summed E-state index contributed by atoms with van der Waals surface area (Å²) in [5.74, 6) is 0.870. The van der Waals surface area contributed by atoms with Crippen molar-refractivity contribution in [3.8, 4) is 0 Å². The first kappa shape index (κ1) is 17.2. The van der Waals surface area contributed by atoms with E-state index in [9.17, 15) is 13.2 Å². The van der Waals surface area contributed by atoms with Crippen LogP contribution in [0.5, 0.6) is 0 Å². The quantitative estimate of drug-likeness (QED) is 0.787. The van der Waals surface area contributed by atoms with Crippen molar-refractivity contribution in [1.29, 1.82) is 0 Å². The Balaban J connectivity index is 1.66. The standard InChI is InChI=1S/C16H16BrF3N4/c17-13-4-2-6-22-15(13)24-9-7-23(8-10-24)11-12-3-1-5-21-14(12)16(18,19)20/h1-6H,7-11H2. The third-order valence-corrected chi connectivity index (χ3v) is 4.58. The molecule has 8 heteroatoms. The SMILES string of the molecule is FC(F)(F)c1ncccc1CN1CCN(c2ncccc2Br)CC1. The van der Waals surface area contributed by atoms with Crippen molar-refractivity contribution in [2.45, 2.75) is 12.7 Å². The number of pyridine rings is 2. The summed E-state index contributed by atoms with van der Waals surface area (Å²) in [5.41, 5.74) is -0.572. The fourth-order valence-electron chi connectivity index (χ4n) is 2.79. The zero-order chi connectivity index (χ0) is 17.2. The van der Waals surface area contributed by atoms with Gasteiger partial charge in [0.1, 0.15) is 11.5 Å². The Morgan fingerprint density at radius 2 is 1.67 bits per heavy atom. The summed E-state index contributed by atoms with van der Waals surface area (Å²) in [6, 6.07) is 6.83. The van der Waals surface area contributed by atoms with Crippen LogP contribution in [0, 0.1) is 0 Å². The highest BCUT2D eigenvalue weighted by molar-refractivity contribution is 9.10. The number of hydrogen-bond donors (Lipinski definition) is 0. The smallest absolute Gasteiger partial charge is 0.353 e. The third-order valence-electron chi connectivity index (χ3n) is 3.96. The first-order valence-electron chi connectivity index (χ1n) is 7.54. The molecular weight excluding hydrogens is 385 g/mol. The number of alkyl halides is 3. The van der Waals surface area contributed by atoms with E-state index in [0.29, 0.717) is 13.1 Å². The van der Waals surface area contributed by atoms with Crippen molar-refractivity contribution in [3.63, 3.8) is 0 Å². The Morgan fingerprint density at radius 3 is 2.33 bits per heavy atom. The van der Waals surface area contributed by atoms with Gasteiger partial charge in [-0.05, 0) is 39.7 Å². The molecule has 0 aliphatic carbocycles. The van der Waals surface area contributed by atoms with Gasteiger partial charge in [0, 0.05) is 45.1 Å². The van der Waals surface area contributed by atoms with Crippen molar-refractivity contribution in [1.82, 2.24) is 14.9 Å². The molecule has 3 rings (SSSR count). The topological polar surface area (TPSA) is 32.3 Å². The van der Waals surface area contributed by atoms with Gasteiger partial charge < -0.3 is 4.90 Å². The van der Waals surface area contributed by atoms with E-state index in [-0.39, 0.29) is 12.1 Å². The van der Waals surface area contributed by atoms with Crippen molar-refractivity contribution >= 4 is 21.7 Å². The molecule has 4 nitrogen and oxygen atoms in total. The van der Waals surface area contributed by atoms with Crippen LogP contribution in [0.3, 0.4) is 0 Å². The first-order valence-corrected chi connectivity index (χ1v) is 8.33. The zero-order valence-electron chi connectivity index (χ0n) is 12.8. The fourth-order valence-corrected chi connectivity index (χ4v) is 3.30. The van der Waals surface area contributed by atoms with Crippen LogP contribution in [0.2, 0.25) is 0 Å². The molecule has 1 saturated heterocycles. The lowest BCUT2D eigenvalue weighted by molar-refractivity contribution is -0.142. The molecule has 0 N–H and O–H groups in total. The van der Waals surface area contributed by atoms with Gasteiger partial charge in [-0.15, -0.1) is 0 Å². The number of aromatic nitrogens is 2. The van der Waals surface area contributed by atoms with E-state index in [4.69, 9.17) is 0 Å². The predicted octanol–water partition coefficient (Wildman–Crippen LogP) is 3.58. The average Bonchev–Trinajstić information content (AvgIpc) is 2.56. The second-order valence-corrected chi connectivity index (χ2v) is 6.44. The lowest BCUT2D eigenvalue weighted by Crippen LogP contribution is -2.46. The Bertz CT molecular complexity index is 700. The average molecular weight is 401 g/mol. The van der Waals surface area contributed by atoms with Crippen LogP contribution in [-0.4, -0.2) is 41.0 Å². The van der Waals surface area contributed by atoms with E-state index in [1.54, 1.807) is 12.3 Å². The van der Waals surface area contributed by atoms with Crippen LogP contribution in [-0.2, 0) is 12.7 Å². The van der Waals surface area contributed by atoms with Gasteiger partial charge in [0.25, 0.3) is 0 Å². The molecule has 0 amide bonds. The van der Waals surface area contributed by atoms with E-state index in [0.717, 1.165) is 23.4 Å². The third kappa shape index (κ3) is 3.87. The predicted molar refractivity (Wildman–Crippen MR) is 88.7 cm³/mol. The molecule has 0 saturated carbocycles. The lowest BCUT2D eigenvalue weighted by Gasteiger charge is -2.36. The number of hydrogen-bond acceptors (Lipinski definition) is 4. The highest BCUT2D eigenvalue weighted by Gasteiger charge is 2.35. The molecule has 128 valence electrons. The first-order chi connectivity index (χ1) is 11.4. The number of halogens is 4. The van der Waals surface area contributed by atoms with Crippen molar-refractivity contribution < 1.29 is 13.2 Å². The molecule has 3 heterocycles. The highest BCUT2D eigenvalue weighted by Crippen LogP contribution is 2.31. The van der Waals surface area contributed by atoms with Crippen LogP contribution in [0.4, 0.5) is 19.0 Å². The number of piperazine rings is 1. The normalized spacial score (nSPS) is 16.4. The minimum absolute atomic E-state index is 0.220. The van der Waals surface area contributed by atoms with Gasteiger partial charge in [-0.1, -0.05) is 6.07 Å². The van der Waals surface area contributed by atoms with Crippen LogP contribution in [0.1, 0.15) is 11.3 Å². The molecule has 0 unspecified atom stereocenters. The van der Waals surface area contributed by atoms with Gasteiger partial charge in [-0.3, -0.25) is 9.88 Å². The lowest BCUT2D eigenvalue weighted by atomic mass is 10.1. The summed E-state index contributed by atoms with van der Waals surface area (Å²) in [7, 11) is 0. The van der Waals surface area contributed by atoms with Crippen LogP contribution < -0.4 is 4.90 Å². The molecule has 2 aromatic rings. The maximum absolute atomic E-state index is 13.0. The number of rotatable bonds is 3. The van der Waals surface area contributed by atoms with Crippen molar-refractivity contribution in [3.05, 3.63) is 52.4 Å². The summed E-state index contributed by atoms with van der Waals surface area (Å²) in [6.07, 6.45) is -1.50. The molecular formula is C16H16BrF3N4. The Kier molecular flexibility index (Phi) is 5.05. The Morgan fingerprint density at radius 1 is 1.00 bits per heavy atom. The molecule has 0 atom stereocenters. The molecule has 2 aromatic heterocycles. The molecule has 0 radical (unpaired) electrons. The second kappa shape index (κ2) is 7.06. The minimum Gasteiger partial charge on any atom is -0.353 e. The summed E-state index contributed by atoms with van der Waals surface area (Å²) in [6.45, 7) is 3.04. The van der Waals surface area contributed by atoms with Gasteiger partial charge >= 0.3 is 6.18 Å². The van der Waals surface area contributed by atoms with Crippen LogP contribution in [0.15, 0.2) is 41.1 Å². The van der Waals surface area contributed by atoms with Gasteiger partial charge in [0.15, 0.2) is 0 Å². The summed E-state index contributed by atoms with van der Waals surface area (Å²) >= 11 is 3.48. The van der Waals surface area contributed by atoms with Crippen molar-refractivity contribution in [2.24, 2.45) is 0 Å². The Hall–Kier alpha value is -1.67. The zero-order valence-corrected chi connectivity index (χ0v) is 14.4. The van der Waals surface area contributed by atoms with Gasteiger partial charge in [0.05, 0.1) is 4.47 Å². The van der Waals surface area contributed by atoms with E-state index in [1.807, 2.05) is 17.0 Å². The van der Waals surface area contributed by atoms with Gasteiger partial charge in [-0.2, -0.15) is 13.2 Å². The summed E-state index contributed by atoms with van der Waals surface area (Å²) < 4.78 is 40.0. The molecule has 1 aliphatic heterocycles. The van der Waals surface area contributed by atoms with Crippen LogP contribution in [0.25, 0.3) is 0 Å². The molecule has 1 fully saturated rings. The number of anilines is 1. The Labute approximate surface area is 146 Å². The van der Waals surface area contributed by atoms with Crippen molar-refractivity contribution in [2.75, 3.05) is 31.1 Å². The summed E-state index contributed by atoms with van der Waals surface area (Å²) in [4.78, 5) is 12.0. The molecule has 24 heavy (non-hydrogen) atoms. The van der Waals surface area contributed by atoms with E-state index in [2.05, 4.69) is 30.8 Å². The molecule has 0 spiro atoms. The summed E-state index contributed by atoms with van der Waals surface area (Å²) in [5, 5.41) is 0. The van der Waals surface area contributed by atoms with Crippen LogP contribution >= 0.6 is 15.9 Å². The van der Waals surface area contributed by atoms with E-state index in [1.165, 1.54) is 12.3 Å². The van der Waals surface area contributed by atoms with Gasteiger partial charge in [-0.25, -0.2) is 4.98 Å². The minimum atomic E-state index is -4.42. The largest absolute Gasteiger partial charge is 0.433 e. The fraction of sp³-hybridized carbons (Fsp3) is 0.375. The molecule has 1 aliphatic rings. The van der Waals surface area contributed by atoms with Gasteiger partial charge in [0.2, 0.25) is 0 Å².